The van der Waals surface area contributed by atoms with E-state index < -0.39 is 5.60 Å². The van der Waals surface area contributed by atoms with E-state index >= 15 is 0 Å². The first-order valence-electron chi connectivity index (χ1n) is 4.25. The molecule has 0 bridgehead atoms. The summed E-state index contributed by atoms with van der Waals surface area (Å²) in [6.07, 6.45) is 0.761. The Morgan fingerprint density at radius 2 is 2.25 bits per heavy atom. The number of carbonyl (C=O) groups is 1. The molecule has 0 aromatic heterocycles. The maximum Gasteiger partial charge on any atom is 0.233 e. The third kappa shape index (κ3) is 1.95. The molecule has 0 aromatic carbocycles. The molecular weight excluding hydrogens is 156 g/mol. The maximum atomic E-state index is 10.9. The number of nitrogens with one attached hydrogen (secondary N) is 1. The highest BCUT2D eigenvalue weighted by Crippen LogP contribution is 2.22. The average molecular weight is 172 g/mol. The molecule has 1 fully saturated rings. The standard InChI is InChI=1S/C8H16N2O2/c1-3-8(12)5-10(6-8)4-7(11)9-2/h12H,3-6H2,1-2H3,(H,9,11). The van der Waals surface area contributed by atoms with Crippen molar-refractivity contribution < 1.29 is 9.90 Å². The first kappa shape index (κ1) is 9.48. The van der Waals surface area contributed by atoms with E-state index in [1.165, 1.54) is 0 Å². The van der Waals surface area contributed by atoms with Crippen LogP contribution in [0.2, 0.25) is 0 Å². The number of hydrogen-bond acceptors (Lipinski definition) is 3. The van der Waals surface area contributed by atoms with Gasteiger partial charge in [-0.25, -0.2) is 0 Å². The lowest BCUT2D eigenvalue weighted by Crippen LogP contribution is -2.62. The number of aliphatic hydroxyl groups is 1. The zero-order chi connectivity index (χ0) is 9.19. The molecule has 1 saturated heterocycles. The predicted molar refractivity (Wildman–Crippen MR) is 45.7 cm³/mol. The highest BCUT2D eigenvalue weighted by Gasteiger charge is 2.39. The van der Waals surface area contributed by atoms with Crippen LogP contribution in [0.3, 0.4) is 0 Å². The molecular formula is C8H16N2O2. The second-order valence-electron chi connectivity index (χ2n) is 3.40. The van der Waals surface area contributed by atoms with Crippen LogP contribution in [-0.4, -0.2) is 48.2 Å². The van der Waals surface area contributed by atoms with Crippen LogP contribution in [0.5, 0.6) is 0 Å². The van der Waals surface area contributed by atoms with Gasteiger partial charge in [0.25, 0.3) is 0 Å². The van der Waals surface area contributed by atoms with Gasteiger partial charge in [0.05, 0.1) is 12.1 Å². The van der Waals surface area contributed by atoms with Crippen LogP contribution < -0.4 is 5.32 Å². The van der Waals surface area contributed by atoms with E-state index in [0.29, 0.717) is 19.6 Å². The van der Waals surface area contributed by atoms with Crippen LogP contribution in [0.1, 0.15) is 13.3 Å². The fourth-order valence-corrected chi connectivity index (χ4v) is 1.40. The number of amides is 1. The van der Waals surface area contributed by atoms with Crippen molar-refractivity contribution in [2.24, 2.45) is 0 Å². The molecule has 0 aliphatic carbocycles. The van der Waals surface area contributed by atoms with E-state index in [0.717, 1.165) is 6.42 Å². The summed E-state index contributed by atoms with van der Waals surface area (Å²) in [6, 6.07) is 0. The Morgan fingerprint density at radius 3 is 2.67 bits per heavy atom. The van der Waals surface area contributed by atoms with Crippen molar-refractivity contribution in [1.29, 1.82) is 0 Å². The Morgan fingerprint density at radius 1 is 1.67 bits per heavy atom. The first-order chi connectivity index (χ1) is 5.59. The minimum absolute atomic E-state index is 0.00755. The maximum absolute atomic E-state index is 10.9. The Balaban J connectivity index is 2.21. The van der Waals surface area contributed by atoms with E-state index in [-0.39, 0.29) is 5.91 Å². The Bertz CT molecular complexity index is 176. The van der Waals surface area contributed by atoms with Gasteiger partial charge in [-0.3, -0.25) is 9.69 Å². The summed E-state index contributed by atoms with van der Waals surface area (Å²) in [7, 11) is 1.62. The minimum atomic E-state index is -0.534. The van der Waals surface area contributed by atoms with Gasteiger partial charge in [-0.05, 0) is 6.42 Å². The van der Waals surface area contributed by atoms with Crippen LogP contribution in [0.4, 0.5) is 0 Å². The number of rotatable bonds is 3. The molecule has 12 heavy (non-hydrogen) atoms. The molecule has 1 aliphatic heterocycles. The van der Waals surface area contributed by atoms with Gasteiger partial charge in [0.15, 0.2) is 0 Å². The summed E-state index contributed by atoms with van der Waals surface area (Å²) in [4.78, 5) is 12.8. The molecule has 0 atom stereocenters. The van der Waals surface area contributed by atoms with Crippen LogP contribution >= 0.6 is 0 Å². The fourth-order valence-electron chi connectivity index (χ4n) is 1.40. The van der Waals surface area contributed by atoms with Crippen LogP contribution in [0.15, 0.2) is 0 Å². The Labute approximate surface area is 72.6 Å². The highest BCUT2D eigenvalue weighted by atomic mass is 16.3. The summed E-state index contributed by atoms with van der Waals surface area (Å²) >= 11 is 0. The van der Waals surface area contributed by atoms with Crippen molar-refractivity contribution in [3.8, 4) is 0 Å². The number of likely N-dealkylation sites (N-methyl/N-ethyl adjacent to an activating group) is 1. The van der Waals surface area contributed by atoms with Crippen LogP contribution in [-0.2, 0) is 4.79 Å². The van der Waals surface area contributed by atoms with E-state index in [9.17, 15) is 9.90 Å². The second-order valence-corrected chi connectivity index (χ2v) is 3.40. The molecule has 0 unspecified atom stereocenters. The lowest BCUT2D eigenvalue weighted by Gasteiger charge is -2.45. The summed E-state index contributed by atoms with van der Waals surface area (Å²) in [5.41, 5.74) is -0.534. The second kappa shape index (κ2) is 3.41. The fraction of sp³-hybridized carbons (Fsp3) is 0.875. The molecule has 0 spiro atoms. The quantitative estimate of drug-likeness (QED) is 0.585. The minimum Gasteiger partial charge on any atom is -0.387 e. The van der Waals surface area contributed by atoms with E-state index in [4.69, 9.17) is 0 Å². The van der Waals surface area contributed by atoms with Gasteiger partial charge < -0.3 is 10.4 Å². The average Bonchev–Trinajstić information content (AvgIpc) is 2.01. The largest absolute Gasteiger partial charge is 0.387 e. The van der Waals surface area contributed by atoms with Gasteiger partial charge in [-0.2, -0.15) is 0 Å². The van der Waals surface area contributed by atoms with E-state index in [2.05, 4.69) is 5.32 Å². The lowest BCUT2D eigenvalue weighted by molar-refractivity contribution is -0.132. The lowest BCUT2D eigenvalue weighted by atomic mass is 9.91. The molecule has 1 amide bonds. The molecule has 1 heterocycles. The predicted octanol–water partition coefficient (Wildman–Crippen LogP) is -0.811. The van der Waals surface area contributed by atoms with Gasteiger partial charge >= 0.3 is 0 Å². The molecule has 4 nitrogen and oxygen atoms in total. The molecule has 0 saturated carbocycles. The molecule has 1 rings (SSSR count). The third-order valence-electron chi connectivity index (χ3n) is 2.34. The first-order valence-corrected chi connectivity index (χ1v) is 4.25. The molecule has 70 valence electrons. The van der Waals surface area contributed by atoms with Crippen LogP contribution in [0, 0.1) is 0 Å². The molecule has 1 aliphatic rings. The van der Waals surface area contributed by atoms with E-state index in [1.54, 1.807) is 7.05 Å². The third-order valence-corrected chi connectivity index (χ3v) is 2.34. The molecule has 2 N–H and O–H groups in total. The SMILES string of the molecule is CCC1(O)CN(CC(=O)NC)C1. The number of hydrogen-bond donors (Lipinski definition) is 2. The highest BCUT2D eigenvalue weighted by molar-refractivity contribution is 5.77. The number of β-amino-alcohol motifs (C(OH)–C–C–N with tert-alkyl or cyclic N) is 1. The zero-order valence-electron chi connectivity index (χ0n) is 7.63. The summed E-state index contributed by atoms with van der Waals surface area (Å²) in [5.74, 6) is 0.00755. The number of carbonyl (C=O) groups excluding carboxylic acids is 1. The van der Waals surface area contributed by atoms with Crippen molar-refractivity contribution in [3.63, 3.8) is 0 Å². The van der Waals surface area contributed by atoms with Crippen molar-refractivity contribution in [2.45, 2.75) is 18.9 Å². The molecule has 4 heteroatoms. The Kier molecular flexibility index (Phi) is 2.69. The monoisotopic (exact) mass is 172 g/mol. The van der Waals surface area contributed by atoms with Crippen molar-refractivity contribution in [1.82, 2.24) is 10.2 Å². The molecule has 0 aromatic rings. The number of likely N-dealkylation sites (tertiary alicyclic amines) is 1. The van der Waals surface area contributed by atoms with Crippen molar-refractivity contribution in [3.05, 3.63) is 0 Å². The van der Waals surface area contributed by atoms with Crippen molar-refractivity contribution in [2.75, 3.05) is 26.7 Å². The van der Waals surface area contributed by atoms with Crippen molar-refractivity contribution >= 4 is 5.91 Å². The van der Waals surface area contributed by atoms with Gasteiger partial charge in [-0.1, -0.05) is 6.92 Å². The Hall–Kier alpha value is -0.610. The van der Waals surface area contributed by atoms with E-state index in [1.807, 2.05) is 11.8 Å². The topological polar surface area (TPSA) is 52.6 Å². The van der Waals surface area contributed by atoms with Gasteiger partial charge in [0, 0.05) is 20.1 Å². The smallest absolute Gasteiger partial charge is 0.233 e. The molecule has 0 radical (unpaired) electrons. The summed E-state index contributed by atoms with van der Waals surface area (Å²) in [6.45, 7) is 3.60. The van der Waals surface area contributed by atoms with Gasteiger partial charge in [-0.15, -0.1) is 0 Å². The summed E-state index contributed by atoms with van der Waals surface area (Å²) < 4.78 is 0. The van der Waals surface area contributed by atoms with Crippen LogP contribution in [0.25, 0.3) is 0 Å². The summed E-state index contributed by atoms with van der Waals surface area (Å²) in [5, 5.41) is 12.1. The number of nitrogens with zero attached hydrogens (tertiary/aromatic N) is 1. The van der Waals surface area contributed by atoms with Gasteiger partial charge in [0.1, 0.15) is 0 Å². The van der Waals surface area contributed by atoms with Gasteiger partial charge in [0.2, 0.25) is 5.91 Å². The normalized spacial score (nSPS) is 21.6. The zero-order valence-corrected chi connectivity index (χ0v) is 7.63.